The maximum absolute atomic E-state index is 14.1. The lowest BCUT2D eigenvalue weighted by Gasteiger charge is -2.35. The van der Waals surface area contributed by atoms with Crippen LogP contribution in [0, 0.1) is 23.2 Å². The summed E-state index contributed by atoms with van der Waals surface area (Å²) in [4.78, 5) is 51.1. The number of aliphatic hydroxyl groups is 1. The predicted molar refractivity (Wildman–Crippen MR) is 210 cm³/mol. The van der Waals surface area contributed by atoms with E-state index in [9.17, 15) is 19.5 Å². The summed E-state index contributed by atoms with van der Waals surface area (Å²) in [7, 11) is 1.67. The number of hydrazine groups is 1. The number of carbonyl (C=O) groups excluding carboxylic acids is 3. The first-order valence-corrected chi connectivity index (χ1v) is 20.3. The molecular formula is C41H54N6O6S. The first-order chi connectivity index (χ1) is 25.8. The van der Waals surface area contributed by atoms with Crippen molar-refractivity contribution in [2.45, 2.75) is 104 Å². The number of aromatic nitrogens is 2. The summed E-state index contributed by atoms with van der Waals surface area (Å²) in [5.74, 6) is 0.320. The molecule has 1 aliphatic carbocycles. The molecule has 3 aliphatic heterocycles. The fraction of sp³-hybridized carbons (Fsp3) is 0.585. The molecule has 13 heteroatoms. The Kier molecular flexibility index (Phi) is 11.0. The monoisotopic (exact) mass is 758 g/mol. The first-order valence-electron chi connectivity index (χ1n) is 19.3. The van der Waals surface area contributed by atoms with Gasteiger partial charge in [0.1, 0.15) is 12.1 Å². The number of rotatable bonds is 7. The van der Waals surface area contributed by atoms with Crippen LogP contribution in [0.15, 0.2) is 41.5 Å². The number of esters is 1. The van der Waals surface area contributed by atoms with Crippen LogP contribution in [0.5, 0.6) is 0 Å². The number of aliphatic hydroxyl groups excluding tert-OH is 1. The van der Waals surface area contributed by atoms with Gasteiger partial charge in [0.05, 0.1) is 41.3 Å². The van der Waals surface area contributed by atoms with Gasteiger partial charge in [0.15, 0.2) is 0 Å². The predicted octanol–water partition coefficient (Wildman–Crippen LogP) is 5.38. The van der Waals surface area contributed by atoms with Gasteiger partial charge < -0.3 is 24.5 Å². The van der Waals surface area contributed by atoms with Gasteiger partial charge in [-0.3, -0.25) is 29.4 Å². The number of nitrogens with one attached hydrogen (secondary N) is 2. The summed E-state index contributed by atoms with van der Waals surface area (Å²) in [5, 5.41) is 17.3. The maximum Gasteiger partial charge on any atom is 0.324 e. The zero-order chi connectivity index (χ0) is 38.5. The van der Waals surface area contributed by atoms with Crippen molar-refractivity contribution < 1.29 is 29.0 Å². The van der Waals surface area contributed by atoms with E-state index in [0.29, 0.717) is 38.1 Å². The summed E-state index contributed by atoms with van der Waals surface area (Å²) in [5.41, 5.74) is 8.41. The number of carbonyl (C=O) groups is 3. The lowest BCUT2D eigenvalue weighted by molar-refractivity contribution is -0.155. The summed E-state index contributed by atoms with van der Waals surface area (Å²) >= 11 is 1.62. The third-order valence-electron chi connectivity index (χ3n) is 11.7. The number of ether oxygens (including phenoxy) is 2. The molecule has 5 heterocycles. The van der Waals surface area contributed by atoms with E-state index >= 15 is 0 Å². The van der Waals surface area contributed by atoms with Crippen LogP contribution in [0.2, 0.25) is 0 Å². The molecule has 1 saturated heterocycles. The lowest BCUT2D eigenvalue weighted by atomic mass is 9.84. The zero-order valence-corrected chi connectivity index (χ0v) is 33.2. The summed E-state index contributed by atoms with van der Waals surface area (Å²) < 4.78 is 14.0. The van der Waals surface area contributed by atoms with Crippen molar-refractivity contribution in [3.05, 3.63) is 53.3 Å². The van der Waals surface area contributed by atoms with E-state index < -0.39 is 29.6 Å². The SMILES string of the molecule is CO[C@@H](C)c1ncccc1-c1c2c3cc(ccc3n1C[C@@H](C)O)C1CSC(=N1)C[C@H](NC(=O)C1[C@@H](C)[C@H]1C)C(=O)N1CCC[C@H](N1)C(=O)OCC(C)(C)C2. The molecular weight excluding hydrogens is 705 g/mol. The van der Waals surface area contributed by atoms with Crippen molar-refractivity contribution in [1.29, 1.82) is 0 Å². The smallest absolute Gasteiger partial charge is 0.324 e. The van der Waals surface area contributed by atoms with Crippen LogP contribution >= 0.6 is 11.8 Å². The third-order valence-corrected chi connectivity index (χ3v) is 12.8. The number of pyridine rings is 1. The molecule has 1 aromatic carbocycles. The number of hydrogen-bond acceptors (Lipinski definition) is 10. The number of thioether (sulfide) groups is 1. The van der Waals surface area contributed by atoms with Gasteiger partial charge in [-0.05, 0) is 80.3 Å². The van der Waals surface area contributed by atoms with Gasteiger partial charge in [-0.25, -0.2) is 5.43 Å². The van der Waals surface area contributed by atoms with Gasteiger partial charge in [0.2, 0.25) is 5.91 Å². The molecule has 6 bridgehead atoms. The molecule has 3 N–H and O–H groups in total. The van der Waals surface area contributed by atoms with E-state index in [0.717, 1.165) is 44.0 Å². The Hall–Kier alpha value is -3.78. The van der Waals surface area contributed by atoms with Gasteiger partial charge in [-0.2, -0.15) is 0 Å². The van der Waals surface area contributed by atoms with E-state index in [-0.39, 0.29) is 54.7 Å². The standard InChI is InChI=1S/C41H54N6O6S/c1-22(48)19-46-33-13-12-26-16-28(33)29(37(46)27-10-8-14-42-36(27)25(4)52-7)18-41(5,6)21-53-40(51)30-11-9-15-47(45-30)39(50)31(17-34-43-32(26)20-54-34)44-38(49)35-23(2)24(35)3/h8,10,12-14,16,22-25,30-32,35,45,48H,9,11,15,17-21H2,1-7H3,(H,44,49)/t22-,23-,24+,25+,30+,31+,32?,35?/m1/s1. The molecule has 54 heavy (non-hydrogen) atoms. The molecule has 2 amide bonds. The molecule has 2 unspecified atom stereocenters. The topological polar surface area (TPSA) is 147 Å². The molecule has 12 nitrogen and oxygen atoms in total. The van der Waals surface area contributed by atoms with Crippen molar-refractivity contribution >= 4 is 45.5 Å². The number of benzene rings is 1. The Morgan fingerprint density at radius 2 is 1.98 bits per heavy atom. The minimum Gasteiger partial charge on any atom is -0.464 e. The molecule has 3 aromatic rings. The fourth-order valence-corrected chi connectivity index (χ4v) is 9.44. The average Bonchev–Trinajstić information content (AvgIpc) is 3.42. The largest absolute Gasteiger partial charge is 0.464 e. The minimum atomic E-state index is -0.822. The number of amides is 2. The number of aliphatic imine (C=N–C) groups is 1. The highest BCUT2D eigenvalue weighted by molar-refractivity contribution is 8.14. The van der Waals surface area contributed by atoms with Crippen molar-refractivity contribution in [3.63, 3.8) is 0 Å². The summed E-state index contributed by atoms with van der Waals surface area (Å²) in [6.45, 7) is 13.0. The highest BCUT2D eigenvalue weighted by Crippen LogP contribution is 2.46. The lowest BCUT2D eigenvalue weighted by Crippen LogP contribution is -2.60. The number of cyclic esters (lactones) is 1. The Labute approximate surface area is 321 Å². The van der Waals surface area contributed by atoms with Gasteiger partial charge >= 0.3 is 5.97 Å². The van der Waals surface area contributed by atoms with Crippen molar-refractivity contribution in [1.82, 2.24) is 25.3 Å². The molecule has 0 spiro atoms. The molecule has 290 valence electrons. The van der Waals surface area contributed by atoms with Crippen molar-refractivity contribution in [3.8, 4) is 11.3 Å². The number of methoxy groups -OCH3 is 1. The fourth-order valence-electron chi connectivity index (χ4n) is 8.33. The summed E-state index contributed by atoms with van der Waals surface area (Å²) in [6.07, 6.45) is 2.85. The van der Waals surface area contributed by atoms with Gasteiger partial charge in [0.25, 0.3) is 5.91 Å². The zero-order valence-electron chi connectivity index (χ0n) is 32.4. The highest BCUT2D eigenvalue weighted by atomic mass is 32.2. The van der Waals surface area contributed by atoms with Crippen LogP contribution in [-0.2, 0) is 36.8 Å². The average molecular weight is 759 g/mol. The van der Waals surface area contributed by atoms with E-state index in [2.05, 4.69) is 67.3 Å². The van der Waals surface area contributed by atoms with Crippen LogP contribution in [0.25, 0.3) is 22.2 Å². The Bertz CT molecular complexity index is 1950. The molecule has 2 aromatic heterocycles. The summed E-state index contributed by atoms with van der Waals surface area (Å²) in [6, 6.07) is 8.76. The van der Waals surface area contributed by atoms with Gasteiger partial charge in [-0.15, -0.1) is 11.8 Å². The second kappa shape index (κ2) is 15.4. The maximum atomic E-state index is 14.1. The third kappa shape index (κ3) is 7.69. The Balaban J connectivity index is 1.35. The molecule has 7 rings (SSSR count). The molecule has 0 radical (unpaired) electrons. The normalized spacial score (nSPS) is 28.2. The van der Waals surface area contributed by atoms with E-state index in [4.69, 9.17) is 19.5 Å². The molecule has 4 aliphatic rings. The molecule has 2 fully saturated rings. The van der Waals surface area contributed by atoms with E-state index in [1.54, 1.807) is 32.0 Å². The molecule has 1 saturated carbocycles. The second-order valence-corrected chi connectivity index (χ2v) is 17.6. The number of hydrogen-bond donors (Lipinski definition) is 3. The van der Waals surface area contributed by atoms with E-state index in [1.165, 1.54) is 5.01 Å². The van der Waals surface area contributed by atoms with E-state index in [1.807, 2.05) is 13.0 Å². The first kappa shape index (κ1) is 38.5. The number of nitrogens with zero attached hydrogens (tertiary/aromatic N) is 4. The van der Waals surface area contributed by atoms with Crippen LogP contribution in [0.3, 0.4) is 0 Å². The van der Waals surface area contributed by atoms with Gasteiger partial charge in [0, 0.05) is 66.4 Å². The highest BCUT2D eigenvalue weighted by Gasteiger charge is 2.49. The van der Waals surface area contributed by atoms with Crippen LogP contribution in [0.4, 0.5) is 0 Å². The molecule has 8 atom stereocenters. The van der Waals surface area contributed by atoms with Crippen LogP contribution in [-0.4, -0.2) is 86.7 Å². The van der Waals surface area contributed by atoms with Crippen molar-refractivity contribution in [2.75, 3.05) is 26.0 Å². The quantitative estimate of drug-likeness (QED) is 0.271. The number of fused-ring (bicyclic) bond motifs is 5. The van der Waals surface area contributed by atoms with Crippen LogP contribution < -0.4 is 10.7 Å². The van der Waals surface area contributed by atoms with Gasteiger partial charge in [-0.1, -0.05) is 33.8 Å². The second-order valence-electron chi connectivity index (χ2n) is 16.5. The Morgan fingerprint density at radius 1 is 1.20 bits per heavy atom. The Morgan fingerprint density at radius 3 is 2.70 bits per heavy atom. The minimum absolute atomic E-state index is 0.113. The van der Waals surface area contributed by atoms with Crippen LogP contribution in [0.1, 0.15) is 89.8 Å². The van der Waals surface area contributed by atoms with Crippen molar-refractivity contribution in [2.24, 2.45) is 28.2 Å².